The van der Waals surface area contributed by atoms with Gasteiger partial charge in [-0.05, 0) is 53.6 Å². The maximum atomic E-state index is 5.77. The summed E-state index contributed by atoms with van der Waals surface area (Å²) in [5, 5.41) is 3.48. The predicted octanol–water partition coefficient (Wildman–Crippen LogP) is 1.56. The molecular weight excluding hydrogens is 304 g/mol. The molecule has 140 valence electrons. The van der Waals surface area contributed by atoms with Crippen molar-refractivity contribution in [3.63, 3.8) is 0 Å². The third-order valence-corrected chi connectivity index (χ3v) is 5.37. The van der Waals surface area contributed by atoms with Crippen LogP contribution in [0.1, 0.15) is 39.5 Å². The number of nitrogens with zero attached hydrogens (tertiary/aromatic N) is 3. The van der Waals surface area contributed by atoms with E-state index in [0.717, 1.165) is 77.6 Å². The number of likely N-dealkylation sites (tertiary alicyclic amines) is 1. The first-order chi connectivity index (χ1) is 11.6. The molecular formula is C18H36N4O2. The second-order valence-corrected chi connectivity index (χ2v) is 7.04. The van der Waals surface area contributed by atoms with Crippen molar-refractivity contribution in [2.24, 2.45) is 4.99 Å². The van der Waals surface area contributed by atoms with E-state index in [2.05, 4.69) is 43.1 Å². The van der Waals surface area contributed by atoms with Crippen molar-refractivity contribution in [2.75, 3.05) is 60.1 Å². The molecule has 1 N–H and O–H groups in total. The second-order valence-electron chi connectivity index (χ2n) is 7.04. The van der Waals surface area contributed by atoms with Gasteiger partial charge in [-0.1, -0.05) is 0 Å². The van der Waals surface area contributed by atoms with Crippen molar-refractivity contribution >= 4 is 5.96 Å². The summed E-state index contributed by atoms with van der Waals surface area (Å²) in [6, 6.07) is 0. The molecule has 2 fully saturated rings. The van der Waals surface area contributed by atoms with E-state index in [4.69, 9.17) is 14.5 Å². The highest BCUT2D eigenvalue weighted by molar-refractivity contribution is 5.80. The molecule has 2 aliphatic heterocycles. The lowest BCUT2D eigenvalue weighted by atomic mass is 9.89. The average molecular weight is 341 g/mol. The molecule has 0 atom stereocenters. The van der Waals surface area contributed by atoms with Crippen LogP contribution in [0.15, 0.2) is 4.99 Å². The van der Waals surface area contributed by atoms with Gasteiger partial charge in [-0.3, -0.25) is 4.99 Å². The fourth-order valence-corrected chi connectivity index (χ4v) is 3.62. The fraction of sp³-hybridized carbons (Fsp3) is 0.944. The van der Waals surface area contributed by atoms with Crippen LogP contribution in [0.3, 0.4) is 0 Å². The molecule has 0 saturated carbocycles. The van der Waals surface area contributed by atoms with Gasteiger partial charge in [0.1, 0.15) is 0 Å². The molecule has 0 amide bonds. The Hall–Kier alpha value is -0.850. The molecule has 0 radical (unpaired) electrons. The first-order valence-electron chi connectivity index (χ1n) is 9.51. The molecule has 6 heteroatoms. The Morgan fingerprint density at radius 2 is 1.92 bits per heavy atom. The summed E-state index contributed by atoms with van der Waals surface area (Å²) in [5.74, 6) is 1.06. The summed E-state index contributed by atoms with van der Waals surface area (Å²) in [6.45, 7) is 10.5. The van der Waals surface area contributed by atoms with Crippen molar-refractivity contribution in [3.05, 3.63) is 0 Å². The highest BCUT2D eigenvalue weighted by atomic mass is 16.5. The Balaban J connectivity index is 1.99. The van der Waals surface area contributed by atoms with Crippen molar-refractivity contribution in [3.8, 4) is 0 Å². The number of ether oxygens (including phenoxy) is 2. The van der Waals surface area contributed by atoms with Gasteiger partial charge < -0.3 is 24.6 Å². The number of nitrogens with one attached hydrogen (secondary N) is 1. The summed E-state index contributed by atoms with van der Waals surface area (Å²) in [6.07, 6.45) is 4.69. The van der Waals surface area contributed by atoms with Crippen LogP contribution in [-0.4, -0.2) is 87.5 Å². The topological polar surface area (TPSA) is 49.3 Å². The van der Waals surface area contributed by atoms with Crippen LogP contribution >= 0.6 is 0 Å². The third kappa shape index (κ3) is 5.07. The number of rotatable bonds is 6. The number of likely N-dealkylation sites (N-methyl/N-ethyl adjacent to an activating group) is 1. The summed E-state index contributed by atoms with van der Waals surface area (Å²) in [4.78, 5) is 9.75. The van der Waals surface area contributed by atoms with Crippen molar-refractivity contribution < 1.29 is 9.47 Å². The highest BCUT2D eigenvalue weighted by Crippen LogP contribution is 2.26. The maximum absolute atomic E-state index is 5.77. The van der Waals surface area contributed by atoms with Crippen LogP contribution in [0, 0.1) is 0 Å². The van der Waals surface area contributed by atoms with E-state index in [0.29, 0.717) is 6.10 Å². The molecule has 0 spiro atoms. The first kappa shape index (κ1) is 19.5. The van der Waals surface area contributed by atoms with Gasteiger partial charge in [0.2, 0.25) is 0 Å². The lowest BCUT2D eigenvalue weighted by molar-refractivity contribution is -0.00284. The van der Waals surface area contributed by atoms with E-state index in [1.807, 2.05) is 0 Å². The molecule has 24 heavy (non-hydrogen) atoms. The minimum atomic E-state index is 0.128. The molecule has 6 nitrogen and oxygen atoms in total. The zero-order chi connectivity index (χ0) is 17.4. The molecule has 0 aromatic heterocycles. The smallest absolute Gasteiger partial charge is 0.193 e. The quantitative estimate of drug-likeness (QED) is 0.587. The van der Waals surface area contributed by atoms with Crippen LogP contribution < -0.4 is 5.32 Å². The zero-order valence-corrected chi connectivity index (χ0v) is 16.0. The monoisotopic (exact) mass is 340 g/mol. The number of hydrogen-bond acceptors (Lipinski definition) is 4. The van der Waals surface area contributed by atoms with Crippen LogP contribution in [0.25, 0.3) is 0 Å². The third-order valence-electron chi connectivity index (χ3n) is 5.37. The van der Waals surface area contributed by atoms with Gasteiger partial charge in [0.25, 0.3) is 0 Å². The van der Waals surface area contributed by atoms with Crippen molar-refractivity contribution in [1.82, 2.24) is 15.1 Å². The fourth-order valence-electron chi connectivity index (χ4n) is 3.62. The van der Waals surface area contributed by atoms with E-state index in [9.17, 15) is 0 Å². The Bertz CT molecular complexity index is 386. The molecule has 0 unspecified atom stereocenters. The van der Waals surface area contributed by atoms with E-state index in [-0.39, 0.29) is 5.54 Å². The van der Waals surface area contributed by atoms with Crippen LogP contribution in [0.2, 0.25) is 0 Å². The normalized spacial score (nSPS) is 22.9. The van der Waals surface area contributed by atoms with Gasteiger partial charge >= 0.3 is 0 Å². The van der Waals surface area contributed by atoms with E-state index < -0.39 is 0 Å². The van der Waals surface area contributed by atoms with Gasteiger partial charge in [-0.25, -0.2) is 0 Å². The SMILES string of the molecule is CCNC(=NCC1(N(C)C)CCOCC1)N1CCC(OCC)CC1. The second kappa shape index (κ2) is 9.59. The van der Waals surface area contributed by atoms with Gasteiger partial charge in [-0.2, -0.15) is 0 Å². The van der Waals surface area contributed by atoms with E-state index >= 15 is 0 Å². The Morgan fingerprint density at radius 1 is 1.25 bits per heavy atom. The number of piperidine rings is 1. The Labute approximate surface area is 147 Å². The lowest BCUT2D eigenvalue weighted by Crippen LogP contribution is -2.52. The minimum Gasteiger partial charge on any atom is -0.381 e. The van der Waals surface area contributed by atoms with Gasteiger partial charge in [0.05, 0.1) is 12.6 Å². The molecule has 0 aromatic rings. The summed E-state index contributed by atoms with van der Waals surface area (Å²) in [5.41, 5.74) is 0.128. The van der Waals surface area contributed by atoms with Crippen LogP contribution in [0.4, 0.5) is 0 Å². The van der Waals surface area contributed by atoms with Crippen LogP contribution in [0.5, 0.6) is 0 Å². The number of hydrogen-bond donors (Lipinski definition) is 1. The average Bonchev–Trinajstić information content (AvgIpc) is 2.60. The molecule has 2 aliphatic rings. The van der Waals surface area contributed by atoms with E-state index in [1.54, 1.807) is 0 Å². The van der Waals surface area contributed by atoms with Gasteiger partial charge in [-0.15, -0.1) is 0 Å². The summed E-state index contributed by atoms with van der Waals surface area (Å²) >= 11 is 0. The molecule has 0 aliphatic carbocycles. The first-order valence-corrected chi connectivity index (χ1v) is 9.51. The summed E-state index contributed by atoms with van der Waals surface area (Å²) in [7, 11) is 4.34. The number of guanidine groups is 1. The standard InChI is InChI=1S/C18H36N4O2/c1-5-19-17(22-11-7-16(8-12-22)24-6-2)20-15-18(21(3)4)9-13-23-14-10-18/h16H,5-15H2,1-4H3,(H,19,20). The Kier molecular flexibility index (Phi) is 7.78. The lowest BCUT2D eigenvalue weighted by Gasteiger charge is -2.42. The highest BCUT2D eigenvalue weighted by Gasteiger charge is 2.35. The molecule has 0 aromatic carbocycles. The van der Waals surface area contributed by atoms with Gasteiger partial charge in [0, 0.05) is 45.0 Å². The predicted molar refractivity (Wildman–Crippen MR) is 98.7 cm³/mol. The molecule has 2 saturated heterocycles. The maximum Gasteiger partial charge on any atom is 0.193 e. The van der Waals surface area contributed by atoms with Crippen molar-refractivity contribution in [2.45, 2.75) is 51.2 Å². The van der Waals surface area contributed by atoms with Crippen molar-refractivity contribution in [1.29, 1.82) is 0 Å². The molecule has 0 bridgehead atoms. The minimum absolute atomic E-state index is 0.128. The largest absolute Gasteiger partial charge is 0.381 e. The molecule has 2 rings (SSSR count). The zero-order valence-electron chi connectivity index (χ0n) is 16.0. The number of aliphatic imine (C=N–C) groups is 1. The Morgan fingerprint density at radius 3 is 2.46 bits per heavy atom. The van der Waals surface area contributed by atoms with Crippen LogP contribution in [-0.2, 0) is 9.47 Å². The summed E-state index contributed by atoms with van der Waals surface area (Å²) < 4.78 is 11.3. The van der Waals surface area contributed by atoms with Gasteiger partial charge in [0.15, 0.2) is 5.96 Å². The molecule has 2 heterocycles. The van der Waals surface area contributed by atoms with E-state index in [1.165, 1.54) is 0 Å².